The van der Waals surface area contributed by atoms with Crippen LogP contribution in [-0.2, 0) is 17.6 Å². The maximum absolute atomic E-state index is 12.8. The van der Waals surface area contributed by atoms with Crippen LogP contribution in [0, 0.1) is 0 Å². The predicted octanol–water partition coefficient (Wildman–Crippen LogP) is 3.41. The van der Waals surface area contributed by atoms with Crippen LogP contribution in [0.3, 0.4) is 0 Å². The molecule has 1 atom stereocenters. The summed E-state index contributed by atoms with van der Waals surface area (Å²) in [5.41, 5.74) is 4.50. The average molecular weight is 319 g/mol. The Bertz CT molecular complexity index is 883. The quantitative estimate of drug-likeness (QED) is 0.742. The van der Waals surface area contributed by atoms with E-state index in [1.807, 2.05) is 40.7 Å². The molecule has 2 aromatic heterocycles. The van der Waals surface area contributed by atoms with Gasteiger partial charge in [-0.15, -0.1) is 0 Å². The zero-order valence-electron chi connectivity index (χ0n) is 13.9. The van der Waals surface area contributed by atoms with Crippen LogP contribution in [0.2, 0.25) is 0 Å². The molecule has 2 heterocycles. The highest BCUT2D eigenvalue weighted by molar-refractivity contribution is 5.79. The maximum Gasteiger partial charge on any atom is 0.228 e. The normalized spacial score (nSPS) is 16.8. The number of hydrogen-bond acceptors (Lipinski definition) is 2. The van der Waals surface area contributed by atoms with Gasteiger partial charge in [-0.25, -0.2) is 4.98 Å². The minimum atomic E-state index is 0.141. The molecular formula is C20H21N3O. The summed E-state index contributed by atoms with van der Waals surface area (Å²) in [5.74, 6) is 0.141. The number of benzene rings is 1. The molecule has 1 aliphatic carbocycles. The van der Waals surface area contributed by atoms with Crippen LogP contribution in [-0.4, -0.2) is 27.2 Å². The molecule has 3 aromatic rings. The van der Waals surface area contributed by atoms with Crippen LogP contribution in [0.4, 0.5) is 0 Å². The lowest BCUT2D eigenvalue weighted by atomic mass is 9.87. The van der Waals surface area contributed by atoms with E-state index < -0.39 is 0 Å². The summed E-state index contributed by atoms with van der Waals surface area (Å²) in [6.07, 6.45) is 7.42. The number of pyridine rings is 1. The Balaban J connectivity index is 1.57. The Kier molecular flexibility index (Phi) is 3.81. The molecule has 1 aliphatic rings. The number of carbonyl (C=O) groups excluding carboxylic acids is 1. The largest absolute Gasteiger partial charge is 0.338 e. The molecule has 0 saturated heterocycles. The lowest BCUT2D eigenvalue weighted by molar-refractivity contribution is -0.131. The van der Waals surface area contributed by atoms with Crippen LogP contribution in [0.25, 0.3) is 5.65 Å². The van der Waals surface area contributed by atoms with Gasteiger partial charge >= 0.3 is 0 Å². The Morgan fingerprint density at radius 3 is 3.00 bits per heavy atom. The molecular weight excluding hydrogens is 298 g/mol. The van der Waals surface area contributed by atoms with Gasteiger partial charge in [0.1, 0.15) is 5.65 Å². The molecule has 1 amide bonds. The fourth-order valence-corrected chi connectivity index (χ4v) is 3.70. The third-order valence-electron chi connectivity index (χ3n) is 5.02. The van der Waals surface area contributed by atoms with Crippen molar-refractivity contribution in [1.82, 2.24) is 14.3 Å². The van der Waals surface area contributed by atoms with E-state index in [4.69, 9.17) is 0 Å². The molecule has 0 radical (unpaired) electrons. The molecule has 4 heteroatoms. The van der Waals surface area contributed by atoms with Crippen molar-refractivity contribution in [2.24, 2.45) is 0 Å². The number of carbonyl (C=O) groups is 1. The van der Waals surface area contributed by atoms with Gasteiger partial charge in [0.25, 0.3) is 0 Å². The highest BCUT2D eigenvalue weighted by Gasteiger charge is 2.26. The molecule has 0 aliphatic heterocycles. The molecule has 0 bridgehead atoms. The van der Waals surface area contributed by atoms with E-state index in [2.05, 4.69) is 29.2 Å². The van der Waals surface area contributed by atoms with Crippen molar-refractivity contribution in [1.29, 1.82) is 0 Å². The fourth-order valence-electron chi connectivity index (χ4n) is 3.70. The van der Waals surface area contributed by atoms with E-state index >= 15 is 0 Å². The van der Waals surface area contributed by atoms with E-state index in [0.717, 1.165) is 30.6 Å². The molecule has 0 N–H and O–H groups in total. The Morgan fingerprint density at radius 1 is 1.25 bits per heavy atom. The SMILES string of the molecule is CN(C(=O)Cc1cnc2ccccn12)C1CCCc2ccccc21. The first-order chi connectivity index (χ1) is 11.7. The zero-order valence-corrected chi connectivity index (χ0v) is 13.9. The predicted molar refractivity (Wildman–Crippen MR) is 93.8 cm³/mol. The number of likely N-dealkylation sites (N-methyl/N-ethyl adjacent to an activating group) is 1. The number of rotatable bonds is 3. The van der Waals surface area contributed by atoms with Crippen LogP contribution >= 0.6 is 0 Å². The van der Waals surface area contributed by atoms with E-state index in [1.54, 1.807) is 6.20 Å². The van der Waals surface area contributed by atoms with Crippen LogP contribution in [0.5, 0.6) is 0 Å². The molecule has 1 unspecified atom stereocenters. The zero-order chi connectivity index (χ0) is 16.5. The van der Waals surface area contributed by atoms with E-state index in [0.29, 0.717) is 6.42 Å². The summed E-state index contributed by atoms with van der Waals surface area (Å²) < 4.78 is 1.99. The number of imidazole rings is 1. The first-order valence-corrected chi connectivity index (χ1v) is 8.48. The van der Waals surface area contributed by atoms with Gasteiger partial charge in [-0.05, 0) is 42.5 Å². The van der Waals surface area contributed by atoms with Crippen molar-refractivity contribution >= 4 is 11.6 Å². The van der Waals surface area contributed by atoms with Crippen LogP contribution in [0.1, 0.15) is 35.7 Å². The van der Waals surface area contributed by atoms with Crippen molar-refractivity contribution in [3.63, 3.8) is 0 Å². The topological polar surface area (TPSA) is 37.6 Å². The highest BCUT2D eigenvalue weighted by atomic mass is 16.2. The van der Waals surface area contributed by atoms with Crippen molar-refractivity contribution in [2.75, 3.05) is 7.05 Å². The van der Waals surface area contributed by atoms with Gasteiger partial charge in [0.05, 0.1) is 18.2 Å². The Hall–Kier alpha value is -2.62. The number of hydrogen-bond donors (Lipinski definition) is 0. The first kappa shape index (κ1) is 14.9. The standard InChI is InChI=1S/C20H21N3O/c1-22(18-10-6-8-15-7-2-3-9-17(15)18)20(24)13-16-14-21-19-11-4-5-12-23(16)19/h2-5,7,9,11-12,14,18H,6,8,10,13H2,1H3. The maximum atomic E-state index is 12.8. The molecule has 0 saturated carbocycles. The van der Waals surface area contributed by atoms with Crippen molar-refractivity contribution < 1.29 is 4.79 Å². The molecule has 4 rings (SSSR count). The third kappa shape index (κ3) is 2.58. The van der Waals surface area contributed by atoms with Crippen LogP contribution < -0.4 is 0 Å². The molecule has 122 valence electrons. The van der Waals surface area contributed by atoms with E-state index in [-0.39, 0.29) is 11.9 Å². The second-order valence-corrected chi connectivity index (χ2v) is 6.47. The van der Waals surface area contributed by atoms with Crippen LogP contribution in [0.15, 0.2) is 54.9 Å². The second-order valence-electron chi connectivity index (χ2n) is 6.47. The number of aromatic nitrogens is 2. The number of aryl methyl sites for hydroxylation is 1. The smallest absolute Gasteiger partial charge is 0.228 e. The number of nitrogens with zero attached hydrogens (tertiary/aromatic N) is 3. The Labute approximate surface area is 141 Å². The number of fused-ring (bicyclic) bond motifs is 2. The fraction of sp³-hybridized carbons (Fsp3) is 0.300. The molecule has 4 nitrogen and oxygen atoms in total. The van der Waals surface area contributed by atoms with Crippen molar-refractivity contribution in [2.45, 2.75) is 31.7 Å². The minimum absolute atomic E-state index is 0.141. The van der Waals surface area contributed by atoms with Gasteiger partial charge in [-0.3, -0.25) is 4.79 Å². The summed E-state index contributed by atoms with van der Waals surface area (Å²) in [5, 5.41) is 0. The van der Waals surface area contributed by atoms with E-state index in [1.165, 1.54) is 11.1 Å². The van der Waals surface area contributed by atoms with Crippen molar-refractivity contribution in [3.8, 4) is 0 Å². The van der Waals surface area contributed by atoms with Gasteiger partial charge in [-0.1, -0.05) is 30.3 Å². The molecule has 24 heavy (non-hydrogen) atoms. The van der Waals surface area contributed by atoms with Gasteiger partial charge < -0.3 is 9.30 Å². The van der Waals surface area contributed by atoms with Gasteiger partial charge in [0.15, 0.2) is 0 Å². The lowest BCUT2D eigenvalue weighted by Gasteiger charge is -2.33. The average Bonchev–Trinajstić information content (AvgIpc) is 3.03. The summed E-state index contributed by atoms with van der Waals surface area (Å²) in [6.45, 7) is 0. The van der Waals surface area contributed by atoms with Crippen molar-refractivity contribution in [3.05, 3.63) is 71.7 Å². The second kappa shape index (κ2) is 6.11. The van der Waals surface area contributed by atoms with Gasteiger partial charge in [0, 0.05) is 19.4 Å². The van der Waals surface area contributed by atoms with E-state index in [9.17, 15) is 4.79 Å². The molecule has 0 spiro atoms. The molecule has 1 aromatic carbocycles. The summed E-state index contributed by atoms with van der Waals surface area (Å²) in [6, 6.07) is 14.6. The monoisotopic (exact) mass is 319 g/mol. The lowest BCUT2D eigenvalue weighted by Crippen LogP contribution is -2.34. The number of amides is 1. The summed E-state index contributed by atoms with van der Waals surface area (Å²) in [7, 11) is 1.93. The Morgan fingerprint density at radius 2 is 2.08 bits per heavy atom. The first-order valence-electron chi connectivity index (χ1n) is 8.48. The minimum Gasteiger partial charge on any atom is -0.338 e. The van der Waals surface area contributed by atoms with Gasteiger partial charge in [0.2, 0.25) is 5.91 Å². The van der Waals surface area contributed by atoms with Gasteiger partial charge in [-0.2, -0.15) is 0 Å². The molecule has 0 fully saturated rings. The summed E-state index contributed by atoms with van der Waals surface area (Å²) >= 11 is 0. The highest BCUT2D eigenvalue weighted by Crippen LogP contribution is 2.33. The third-order valence-corrected chi connectivity index (χ3v) is 5.02. The summed E-state index contributed by atoms with van der Waals surface area (Å²) in [4.78, 5) is 19.1.